The maximum atomic E-state index is 5.95. The van der Waals surface area contributed by atoms with Gasteiger partial charge in [0.1, 0.15) is 0 Å². The monoisotopic (exact) mass is 181 g/mol. The van der Waals surface area contributed by atoms with Crippen molar-refractivity contribution < 1.29 is 0 Å². The van der Waals surface area contributed by atoms with Gasteiger partial charge < -0.3 is 0 Å². The minimum absolute atomic E-state index is 0.649. The van der Waals surface area contributed by atoms with Crippen LogP contribution in [0.2, 0.25) is 5.02 Å². The molecule has 3 nitrogen and oxygen atoms in total. The summed E-state index contributed by atoms with van der Waals surface area (Å²) < 4.78 is 1.77. The van der Waals surface area contributed by atoms with Crippen molar-refractivity contribution >= 4 is 22.5 Å². The van der Waals surface area contributed by atoms with Gasteiger partial charge in [0, 0.05) is 24.8 Å². The molecule has 0 radical (unpaired) electrons. The molecule has 2 heterocycles. The summed E-state index contributed by atoms with van der Waals surface area (Å²) in [6.07, 6.45) is 3.41. The molecule has 0 unspecified atom stereocenters. The van der Waals surface area contributed by atoms with E-state index in [-0.39, 0.29) is 0 Å². The molecule has 0 aliphatic heterocycles. The highest BCUT2D eigenvalue weighted by atomic mass is 35.5. The van der Waals surface area contributed by atoms with Crippen molar-refractivity contribution in [2.45, 2.75) is 6.92 Å². The number of aryl methyl sites for hydroxylation is 2. The Morgan fingerprint density at radius 3 is 2.83 bits per heavy atom. The fourth-order valence-electron chi connectivity index (χ4n) is 1.35. The average molecular weight is 182 g/mol. The number of nitrogens with zero attached hydrogens (tertiary/aromatic N) is 3. The second kappa shape index (κ2) is 2.45. The molecule has 0 aliphatic rings. The van der Waals surface area contributed by atoms with E-state index in [0.717, 1.165) is 16.6 Å². The van der Waals surface area contributed by atoms with Gasteiger partial charge >= 0.3 is 0 Å². The molecule has 0 saturated heterocycles. The van der Waals surface area contributed by atoms with Crippen LogP contribution in [-0.2, 0) is 7.05 Å². The van der Waals surface area contributed by atoms with Crippen molar-refractivity contribution in [2.75, 3.05) is 0 Å². The Labute approximate surface area is 75.0 Å². The van der Waals surface area contributed by atoms with Gasteiger partial charge in [-0.3, -0.25) is 9.67 Å². The van der Waals surface area contributed by atoms with E-state index in [9.17, 15) is 0 Å². The Hall–Kier alpha value is -1.09. The highest BCUT2D eigenvalue weighted by molar-refractivity contribution is 6.34. The molecule has 0 spiro atoms. The van der Waals surface area contributed by atoms with Crippen molar-refractivity contribution in [2.24, 2.45) is 7.05 Å². The van der Waals surface area contributed by atoms with Gasteiger partial charge in [-0.1, -0.05) is 11.6 Å². The van der Waals surface area contributed by atoms with Crippen LogP contribution in [0.3, 0.4) is 0 Å². The number of halogens is 1. The molecular weight excluding hydrogens is 174 g/mol. The standard InChI is InChI=1S/C8H8ClN3/c1-5-6-3-10-4-7(9)8(6)12(2)11-5/h3-4H,1-2H3. The quantitative estimate of drug-likeness (QED) is 0.622. The molecule has 0 fully saturated rings. The van der Waals surface area contributed by atoms with Crippen molar-refractivity contribution in [3.05, 3.63) is 23.1 Å². The lowest BCUT2D eigenvalue weighted by Crippen LogP contribution is -1.90. The van der Waals surface area contributed by atoms with Gasteiger partial charge in [-0.2, -0.15) is 5.10 Å². The van der Waals surface area contributed by atoms with Crippen molar-refractivity contribution in [1.82, 2.24) is 14.8 Å². The maximum Gasteiger partial charge on any atom is 0.0899 e. The molecule has 2 aromatic heterocycles. The van der Waals surface area contributed by atoms with Crippen LogP contribution in [-0.4, -0.2) is 14.8 Å². The van der Waals surface area contributed by atoms with Gasteiger partial charge in [-0.25, -0.2) is 0 Å². The molecule has 0 aliphatic carbocycles. The van der Waals surface area contributed by atoms with Crippen molar-refractivity contribution in [3.63, 3.8) is 0 Å². The van der Waals surface area contributed by atoms with Gasteiger partial charge in [-0.15, -0.1) is 0 Å². The third-order valence-electron chi connectivity index (χ3n) is 1.89. The predicted octanol–water partition coefficient (Wildman–Crippen LogP) is 1.93. The van der Waals surface area contributed by atoms with E-state index < -0.39 is 0 Å². The molecule has 0 bridgehead atoms. The average Bonchev–Trinajstić information content (AvgIpc) is 2.29. The van der Waals surface area contributed by atoms with E-state index in [2.05, 4.69) is 10.1 Å². The molecular formula is C8H8ClN3. The molecule has 4 heteroatoms. The van der Waals surface area contributed by atoms with E-state index in [1.807, 2.05) is 14.0 Å². The Balaban J connectivity index is 2.99. The molecule has 0 atom stereocenters. The van der Waals surface area contributed by atoms with E-state index in [1.165, 1.54) is 0 Å². The number of hydrogen-bond donors (Lipinski definition) is 0. The summed E-state index contributed by atoms with van der Waals surface area (Å²) in [6.45, 7) is 1.94. The summed E-state index contributed by atoms with van der Waals surface area (Å²) in [5.41, 5.74) is 1.91. The van der Waals surface area contributed by atoms with E-state index in [0.29, 0.717) is 5.02 Å². The highest BCUT2D eigenvalue weighted by Crippen LogP contribution is 2.23. The summed E-state index contributed by atoms with van der Waals surface area (Å²) >= 11 is 5.95. The number of hydrogen-bond acceptors (Lipinski definition) is 2. The second-order valence-electron chi connectivity index (χ2n) is 2.73. The summed E-state index contributed by atoms with van der Waals surface area (Å²) in [5.74, 6) is 0. The van der Waals surface area contributed by atoms with Crippen LogP contribution >= 0.6 is 11.6 Å². The third-order valence-corrected chi connectivity index (χ3v) is 2.16. The third kappa shape index (κ3) is 0.898. The lowest BCUT2D eigenvalue weighted by Gasteiger charge is -1.94. The number of rotatable bonds is 0. The lowest BCUT2D eigenvalue weighted by molar-refractivity contribution is 0.783. The summed E-state index contributed by atoms with van der Waals surface area (Å²) in [4.78, 5) is 4.00. The lowest BCUT2D eigenvalue weighted by atomic mass is 10.3. The fraction of sp³-hybridized carbons (Fsp3) is 0.250. The molecule has 0 saturated carbocycles. The Morgan fingerprint density at radius 2 is 2.17 bits per heavy atom. The molecule has 12 heavy (non-hydrogen) atoms. The van der Waals surface area contributed by atoms with Crippen molar-refractivity contribution in [3.8, 4) is 0 Å². The predicted molar refractivity (Wildman–Crippen MR) is 48.3 cm³/mol. The van der Waals surface area contributed by atoms with Gasteiger partial charge in [-0.05, 0) is 6.92 Å². The highest BCUT2D eigenvalue weighted by Gasteiger charge is 2.07. The Kier molecular flexibility index (Phi) is 1.54. The van der Waals surface area contributed by atoms with E-state index >= 15 is 0 Å². The zero-order valence-corrected chi connectivity index (χ0v) is 7.63. The first-order chi connectivity index (χ1) is 5.70. The largest absolute Gasteiger partial charge is 0.266 e. The maximum absolute atomic E-state index is 5.95. The second-order valence-corrected chi connectivity index (χ2v) is 3.13. The topological polar surface area (TPSA) is 30.7 Å². The molecule has 0 amide bonds. The number of aromatic nitrogens is 3. The minimum atomic E-state index is 0.649. The fourth-order valence-corrected chi connectivity index (χ4v) is 1.63. The summed E-state index contributed by atoms with van der Waals surface area (Å²) in [7, 11) is 1.88. The first kappa shape index (κ1) is 7.55. The summed E-state index contributed by atoms with van der Waals surface area (Å²) in [6, 6.07) is 0. The molecule has 0 aromatic carbocycles. The normalized spacial score (nSPS) is 10.9. The molecule has 62 valence electrons. The van der Waals surface area contributed by atoms with Crippen LogP contribution in [0.5, 0.6) is 0 Å². The van der Waals surface area contributed by atoms with Crippen LogP contribution in [0.25, 0.3) is 10.9 Å². The minimum Gasteiger partial charge on any atom is -0.266 e. The van der Waals surface area contributed by atoms with Gasteiger partial charge in [0.15, 0.2) is 0 Å². The Morgan fingerprint density at radius 1 is 1.42 bits per heavy atom. The van der Waals surface area contributed by atoms with Crippen LogP contribution in [0.1, 0.15) is 5.69 Å². The van der Waals surface area contributed by atoms with Gasteiger partial charge in [0.25, 0.3) is 0 Å². The zero-order chi connectivity index (χ0) is 8.72. The smallest absolute Gasteiger partial charge is 0.0899 e. The molecule has 2 rings (SSSR count). The SMILES string of the molecule is Cc1nn(C)c2c(Cl)cncc12. The van der Waals surface area contributed by atoms with Crippen molar-refractivity contribution in [1.29, 1.82) is 0 Å². The van der Waals surface area contributed by atoms with Crippen LogP contribution < -0.4 is 0 Å². The van der Waals surface area contributed by atoms with Gasteiger partial charge in [0.2, 0.25) is 0 Å². The summed E-state index contributed by atoms with van der Waals surface area (Å²) in [5, 5.41) is 5.91. The zero-order valence-electron chi connectivity index (χ0n) is 6.87. The number of fused-ring (bicyclic) bond motifs is 1. The molecule has 0 N–H and O–H groups in total. The van der Waals surface area contributed by atoms with Gasteiger partial charge in [0.05, 0.1) is 16.2 Å². The first-order valence-electron chi connectivity index (χ1n) is 3.63. The van der Waals surface area contributed by atoms with Crippen LogP contribution in [0.4, 0.5) is 0 Å². The van der Waals surface area contributed by atoms with E-state index in [4.69, 9.17) is 11.6 Å². The molecule has 2 aromatic rings. The van der Waals surface area contributed by atoms with E-state index in [1.54, 1.807) is 17.1 Å². The Bertz CT molecular complexity index is 433. The van der Waals surface area contributed by atoms with Crippen LogP contribution in [0, 0.1) is 6.92 Å². The van der Waals surface area contributed by atoms with Crippen LogP contribution in [0.15, 0.2) is 12.4 Å². The first-order valence-corrected chi connectivity index (χ1v) is 4.01. The number of pyridine rings is 1.